The fourth-order valence-corrected chi connectivity index (χ4v) is 5.26. The number of hydrogen-bond donors (Lipinski definition) is 0. The standard InChI is InChI=1S/C20H16ClF3N2O3S/c21-14-6-7-17-16(11-14)26(15-5-3-4-13(10-15)20(22,23)24)12-18(30(17,28)29)19(27)25-8-1-2-9-25/h3-7,10-12H,1-2,8-9H2. The molecular formula is C20H16ClF3N2O3S. The molecule has 5 nitrogen and oxygen atoms in total. The fourth-order valence-electron chi connectivity index (χ4n) is 3.57. The summed E-state index contributed by atoms with van der Waals surface area (Å²) in [6, 6.07) is 8.43. The summed E-state index contributed by atoms with van der Waals surface area (Å²) in [4.78, 5) is 15.0. The Morgan fingerprint density at radius 2 is 1.73 bits per heavy atom. The highest BCUT2D eigenvalue weighted by Crippen LogP contribution is 2.42. The lowest BCUT2D eigenvalue weighted by Gasteiger charge is -2.30. The van der Waals surface area contributed by atoms with Crippen LogP contribution in [0.4, 0.5) is 24.5 Å². The molecule has 2 aliphatic heterocycles. The van der Waals surface area contributed by atoms with Gasteiger partial charge in [0.15, 0.2) is 4.91 Å². The van der Waals surface area contributed by atoms with E-state index in [1.165, 1.54) is 40.1 Å². The number of alkyl halides is 3. The van der Waals surface area contributed by atoms with Crippen molar-refractivity contribution in [2.45, 2.75) is 23.9 Å². The van der Waals surface area contributed by atoms with Crippen molar-refractivity contribution >= 4 is 38.7 Å². The number of hydrogen-bond acceptors (Lipinski definition) is 4. The lowest BCUT2D eigenvalue weighted by Crippen LogP contribution is -2.35. The Hall–Kier alpha value is -2.52. The molecule has 0 aliphatic carbocycles. The molecule has 0 radical (unpaired) electrons. The van der Waals surface area contributed by atoms with E-state index in [1.54, 1.807) is 0 Å². The van der Waals surface area contributed by atoms with Gasteiger partial charge < -0.3 is 9.80 Å². The van der Waals surface area contributed by atoms with Crippen molar-refractivity contribution < 1.29 is 26.4 Å². The monoisotopic (exact) mass is 456 g/mol. The van der Waals surface area contributed by atoms with Crippen LogP contribution in [-0.2, 0) is 20.8 Å². The molecule has 0 saturated carbocycles. The molecule has 4 rings (SSSR count). The lowest BCUT2D eigenvalue weighted by atomic mass is 10.1. The number of anilines is 2. The Kier molecular flexibility index (Phi) is 5.06. The summed E-state index contributed by atoms with van der Waals surface area (Å²) < 4.78 is 65.9. The summed E-state index contributed by atoms with van der Waals surface area (Å²) >= 11 is 6.03. The molecule has 2 aliphatic rings. The molecule has 2 aromatic rings. The number of amides is 1. The number of halogens is 4. The fraction of sp³-hybridized carbons (Fsp3) is 0.250. The Bertz CT molecular complexity index is 1160. The van der Waals surface area contributed by atoms with Crippen molar-refractivity contribution in [1.82, 2.24) is 4.90 Å². The maximum Gasteiger partial charge on any atom is 0.416 e. The number of rotatable bonds is 2. The van der Waals surface area contributed by atoms with Gasteiger partial charge in [-0.05, 0) is 49.2 Å². The third-order valence-corrected chi connectivity index (χ3v) is 7.08. The van der Waals surface area contributed by atoms with Crippen LogP contribution in [0, 0.1) is 0 Å². The third-order valence-electron chi connectivity index (χ3n) is 5.06. The molecule has 10 heteroatoms. The van der Waals surface area contributed by atoms with Gasteiger partial charge in [0.05, 0.1) is 16.1 Å². The molecule has 2 heterocycles. The summed E-state index contributed by atoms with van der Waals surface area (Å²) in [6.07, 6.45) is -1.96. The van der Waals surface area contributed by atoms with E-state index in [1.807, 2.05) is 0 Å². The van der Waals surface area contributed by atoms with Crippen LogP contribution in [0.25, 0.3) is 0 Å². The van der Waals surface area contributed by atoms with E-state index < -0.39 is 32.4 Å². The first-order valence-electron chi connectivity index (χ1n) is 9.11. The SMILES string of the molecule is O=C(C1=CN(c2cccc(C(F)(F)F)c2)c2cc(Cl)ccc2S1(=O)=O)N1CCCC1. The first kappa shape index (κ1) is 20.7. The molecule has 1 saturated heterocycles. The summed E-state index contributed by atoms with van der Waals surface area (Å²) in [5.41, 5.74) is -0.743. The van der Waals surface area contributed by atoms with E-state index in [-0.39, 0.29) is 21.3 Å². The van der Waals surface area contributed by atoms with Crippen LogP contribution in [-0.4, -0.2) is 32.3 Å². The van der Waals surface area contributed by atoms with Gasteiger partial charge in [-0.3, -0.25) is 4.79 Å². The van der Waals surface area contributed by atoms with Gasteiger partial charge in [-0.15, -0.1) is 0 Å². The van der Waals surface area contributed by atoms with Crippen LogP contribution in [0.5, 0.6) is 0 Å². The molecule has 30 heavy (non-hydrogen) atoms. The molecule has 1 fully saturated rings. The number of nitrogens with zero attached hydrogens (tertiary/aromatic N) is 2. The van der Waals surface area contributed by atoms with Crippen LogP contribution in [0.2, 0.25) is 5.02 Å². The minimum atomic E-state index is -4.58. The van der Waals surface area contributed by atoms with Gasteiger partial charge in [0.2, 0.25) is 9.84 Å². The number of fused-ring (bicyclic) bond motifs is 1. The van der Waals surface area contributed by atoms with Gasteiger partial charge in [-0.2, -0.15) is 13.2 Å². The summed E-state index contributed by atoms with van der Waals surface area (Å²) in [6.45, 7) is 0.867. The topological polar surface area (TPSA) is 57.7 Å². The normalized spacial score (nSPS) is 18.2. The zero-order valence-corrected chi connectivity index (χ0v) is 17.1. The van der Waals surface area contributed by atoms with Crippen LogP contribution in [0.15, 0.2) is 58.5 Å². The van der Waals surface area contributed by atoms with Gasteiger partial charge in [0.25, 0.3) is 5.91 Å². The summed E-state index contributed by atoms with van der Waals surface area (Å²) in [5.74, 6) is -0.662. The number of benzene rings is 2. The highest BCUT2D eigenvalue weighted by Gasteiger charge is 2.39. The average Bonchev–Trinajstić information content (AvgIpc) is 3.21. The van der Waals surface area contributed by atoms with Crippen molar-refractivity contribution in [3.8, 4) is 0 Å². The Morgan fingerprint density at radius 3 is 2.40 bits per heavy atom. The number of carbonyl (C=O) groups is 1. The van der Waals surface area contributed by atoms with Crippen LogP contribution in [0.1, 0.15) is 18.4 Å². The number of likely N-dealkylation sites (tertiary alicyclic amines) is 1. The van der Waals surface area contributed by atoms with E-state index in [9.17, 15) is 26.4 Å². The van der Waals surface area contributed by atoms with E-state index in [0.717, 1.165) is 31.2 Å². The summed E-state index contributed by atoms with van der Waals surface area (Å²) in [7, 11) is -4.17. The highest BCUT2D eigenvalue weighted by molar-refractivity contribution is 7.96. The third kappa shape index (κ3) is 3.56. The van der Waals surface area contributed by atoms with E-state index >= 15 is 0 Å². The quantitative estimate of drug-likeness (QED) is 0.654. The van der Waals surface area contributed by atoms with Crippen molar-refractivity contribution in [3.05, 3.63) is 64.2 Å². The molecular weight excluding hydrogens is 441 g/mol. The van der Waals surface area contributed by atoms with Crippen LogP contribution in [0.3, 0.4) is 0 Å². The smallest absolute Gasteiger partial charge is 0.338 e. The Balaban J connectivity index is 1.91. The van der Waals surface area contributed by atoms with Crippen molar-refractivity contribution in [2.75, 3.05) is 18.0 Å². The maximum atomic E-state index is 13.2. The average molecular weight is 457 g/mol. The van der Waals surface area contributed by atoms with E-state index in [0.29, 0.717) is 13.1 Å². The van der Waals surface area contributed by atoms with Crippen LogP contribution >= 0.6 is 11.6 Å². The second kappa shape index (κ2) is 7.31. The molecule has 0 atom stereocenters. The van der Waals surface area contributed by atoms with Crippen LogP contribution < -0.4 is 4.90 Å². The van der Waals surface area contributed by atoms with E-state index in [4.69, 9.17) is 11.6 Å². The van der Waals surface area contributed by atoms with Crippen molar-refractivity contribution in [1.29, 1.82) is 0 Å². The number of sulfone groups is 1. The Labute approximate surface area is 176 Å². The minimum absolute atomic E-state index is 0.0648. The van der Waals surface area contributed by atoms with Gasteiger partial charge >= 0.3 is 6.18 Å². The molecule has 0 unspecified atom stereocenters. The first-order valence-corrected chi connectivity index (χ1v) is 11.0. The largest absolute Gasteiger partial charge is 0.416 e. The zero-order valence-electron chi connectivity index (χ0n) is 15.5. The van der Waals surface area contributed by atoms with Crippen molar-refractivity contribution in [2.24, 2.45) is 0 Å². The molecule has 0 bridgehead atoms. The van der Waals surface area contributed by atoms with Gasteiger partial charge in [0, 0.05) is 30.0 Å². The zero-order chi connectivity index (χ0) is 21.7. The molecule has 158 valence electrons. The minimum Gasteiger partial charge on any atom is -0.338 e. The first-order chi connectivity index (χ1) is 14.1. The molecule has 2 aromatic carbocycles. The molecule has 0 N–H and O–H groups in total. The summed E-state index contributed by atoms with van der Waals surface area (Å²) in [5, 5.41) is 0.212. The van der Waals surface area contributed by atoms with Gasteiger partial charge in [-0.1, -0.05) is 17.7 Å². The highest BCUT2D eigenvalue weighted by atomic mass is 35.5. The van der Waals surface area contributed by atoms with Gasteiger partial charge in [0.1, 0.15) is 0 Å². The predicted octanol–water partition coefficient (Wildman–Crippen LogP) is 4.75. The second-order valence-corrected chi connectivity index (χ2v) is 9.35. The Morgan fingerprint density at radius 1 is 1.03 bits per heavy atom. The van der Waals surface area contributed by atoms with E-state index in [2.05, 4.69) is 0 Å². The predicted molar refractivity (Wildman–Crippen MR) is 106 cm³/mol. The maximum absolute atomic E-state index is 13.2. The molecule has 1 amide bonds. The molecule has 0 aromatic heterocycles. The van der Waals surface area contributed by atoms with Gasteiger partial charge in [-0.25, -0.2) is 8.42 Å². The second-order valence-electron chi connectivity index (χ2n) is 7.03. The lowest BCUT2D eigenvalue weighted by molar-refractivity contribution is -0.137. The van der Waals surface area contributed by atoms with Crippen molar-refractivity contribution in [3.63, 3.8) is 0 Å². The number of carbonyl (C=O) groups excluding carboxylic acids is 1. The molecule has 0 spiro atoms.